The summed E-state index contributed by atoms with van der Waals surface area (Å²) in [4.78, 5) is 4.53. The highest BCUT2D eigenvalue weighted by molar-refractivity contribution is 5.08. The maximum absolute atomic E-state index is 5.49. The number of oxazole rings is 1. The summed E-state index contributed by atoms with van der Waals surface area (Å²) in [7, 11) is 0. The predicted molar refractivity (Wildman–Crippen MR) is 67.6 cm³/mol. The van der Waals surface area contributed by atoms with E-state index in [2.05, 4.69) is 46.5 Å². The number of nitrogens with zero attached hydrogens (tertiary/aromatic N) is 1. The van der Waals surface area contributed by atoms with Gasteiger partial charge in [0, 0.05) is 11.8 Å². The molecule has 0 bridgehead atoms. The summed E-state index contributed by atoms with van der Waals surface area (Å²) in [5.41, 5.74) is 1.55. The zero-order valence-electron chi connectivity index (χ0n) is 11.6. The van der Waals surface area contributed by atoms with Gasteiger partial charge in [0.1, 0.15) is 6.26 Å². The molecule has 1 aromatic rings. The van der Waals surface area contributed by atoms with Crippen LogP contribution in [0.3, 0.4) is 0 Å². The smallest absolute Gasteiger partial charge is 0.194 e. The Balaban J connectivity index is 2.48. The van der Waals surface area contributed by atoms with Crippen LogP contribution in [-0.4, -0.2) is 4.98 Å². The van der Waals surface area contributed by atoms with E-state index in [-0.39, 0.29) is 5.41 Å². The number of hydrogen-bond donors (Lipinski definition) is 0. The fourth-order valence-electron chi connectivity index (χ4n) is 1.54. The van der Waals surface area contributed by atoms with Crippen molar-refractivity contribution >= 4 is 0 Å². The molecule has 0 radical (unpaired) electrons. The van der Waals surface area contributed by atoms with Gasteiger partial charge in [-0.25, -0.2) is 4.98 Å². The highest BCUT2D eigenvalue weighted by atomic mass is 16.3. The molecule has 1 heterocycles. The Morgan fingerprint density at radius 1 is 1.12 bits per heavy atom. The summed E-state index contributed by atoms with van der Waals surface area (Å²) in [6.45, 7) is 13.3. The molecule has 1 rings (SSSR count). The van der Waals surface area contributed by atoms with Crippen LogP contribution in [0.4, 0.5) is 0 Å². The van der Waals surface area contributed by atoms with Gasteiger partial charge >= 0.3 is 0 Å². The van der Waals surface area contributed by atoms with Gasteiger partial charge in [0.15, 0.2) is 5.89 Å². The van der Waals surface area contributed by atoms with E-state index in [1.165, 1.54) is 6.42 Å². The van der Waals surface area contributed by atoms with Crippen LogP contribution >= 0.6 is 0 Å². The van der Waals surface area contributed by atoms with Gasteiger partial charge < -0.3 is 4.42 Å². The molecular formula is C14H25NO. The summed E-state index contributed by atoms with van der Waals surface area (Å²) in [6, 6.07) is 0. The van der Waals surface area contributed by atoms with E-state index < -0.39 is 0 Å². The molecule has 1 aromatic heterocycles. The molecule has 0 spiro atoms. The van der Waals surface area contributed by atoms with Crippen LogP contribution in [0.1, 0.15) is 66.0 Å². The van der Waals surface area contributed by atoms with E-state index in [9.17, 15) is 0 Å². The monoisotopic (exact) mass is 223 g/mol. The minimum atomic E-state index is 0.0891. The van der Waals surface area contributed by atoms with Gasteiger partial charge in [0.05, 0.1) is 5.69 Å². The van der Waals surface area contributed by atoms with E-state index in [0.717, 1.165) is 24.4 Å². The first-order chi connectivity index (χ1) is 7.18. The van der Waals surface area contributed by atoms with Gasteiger partial charge in [-0.1, -0.05) is 41.5 Å². The molecule has 0 saturated carbocycles. The second kappa shape index (κ2) is 4.60. The minimum absolute atomic E-state index is 0.0891. The molecule has 0 unspecified atom stereocenters. The second-order valence-electron chi connectivity index (χ2n) is 6.79. The third-order valence-corrected chi connectivity index (χ3v) is 2.64. The van der Waals surface area contributed by atoms with E-state index in [4.69, 9.17) is 4.42 Å². The molecule has 0 amide bonds. The van der Waals surface area contributed by atoms with Crippen LogP contribution in [0.2, 0.25) is 0 Å². The fourth-order valence-corrected chi connectivity index (χ4v) is 1.54. The van der Waals surface area contributed by atoms with Crippen molar-refractivity contribution in [3.63, 3.8) is 0 Å². The van der Waals surface area contributed by atoms with Crippen LogP contribution in [0.25, 0.3) is 0 Å². The maximum atomic E-state index is 5.49. The van der Waals surface area contributed by atoms with Crippen molar-refractivity contribution in [2.24, 2.45) is 5.41 Å². The Bertz CT molecular complexity index is 325. The van der Waals surface area contributed by atoms with Crippen molar-refractivity contribution in [3.8, 4) is 0 Å². The summed E-state index contributed by atoms with van der Waals surface area (Å²) in [6.07, 6.45) is 5.10. The SMILES string of the molecule is CC(C)(C)CCCc1nc(C(C)(C)C)co1. The van der Waals surface area contributed by atoms with Crippen molar-refractivity contribution < 1.29 is 4.42 Å². The molecule has 16 heavy (non-hydrogen) atoms. The lowest BCUT2D eigenvalue weighted by atomic mass is 9.90. The van der Waals surface area contributed by atoms with Gasteiger partial charge in [-0.3, -0.25) is 0 Å². The molecular weight excluding hydrogens is 198 g/mol. The fraction of sp³-hybridized carbons (Fsp3) is 0.786. The van der Waals surface area contributed by atoms with E-state index in [1.807, 2.05) is 0 Å². The Labute approximate surface area is 99.5 Å². The van der Waals surface area contributed by atoms with E-state index in [0.29, 0.717) is 5.41 Å². The van der Waals surface area contributed by atoms with Gasteiger partial charge in [-0.15, -0.1) is 0 Å². The molecule has 92 valence electrons. The van der Waals surface area contributed by atoms with Crippen LogP contribution in [0.15, 0.2) is 10.7 Å². The predicted octanol–water partition coefficient (Wildman–Crippen LogP) is 4.34. The van der Waals surface area contributed by atoms with Gasteiger partial charge in [0.2, 0.25) is 0 Å². The van der Waals surface area contributed by atoms with Crippen molar-refractivity contribution in [1.82, 2.24) is 4.98 Å². The number of rotatable bonds is 3. The Morgan fingerprint density at radius 2 is 1.75 bits per heavy atom. The van der Waals surface area contributed by atoms with Crippen molar-refractivity contribution in [2.75, 3.05) is 0 Å². The topological polar surface area (TPSA) is 26.0 Å². The average molecular weight is 223 g/mol. The van der Waals surface area contributed by atoms with E-state index in [1.54, 1.807) is 6.26 Å². The third-order valence-electron chi connectivity index (χ3n) is 2.64. The largest absolute Gasteiger partial charge is 0.449 e. The Kier molecular flexibility index (Phi) is 3.82. The zero-order chi connectivity index (χ0) is 12.4. The molecule has 2 nitrogen and oxygen atoms in total. The van der Waals surface area contributed by atoms with Crippen LogP contribution < -0.4 is 0 Å². The van der Waals surface area contributed by atoms with Gasteiger partial charge in [0.25, 0.3) is 0 Å². The molecule has 0 aliphatic rings. The van der Waals surface area contributed by atoms with Crippen molar-refractivity contribution in [2.45, 2.75) is 66.2 Å². The number of aryl methyl sites for hydroxylation is 1. The molecule has 0 aliphatic carbocycles. The molecule has 2 heteroatoms. The summed E-state index contributed by atoms with van der Waals surface area (Å²) in [5.74, 6) is 0.883. The lowest BCUT2D eigenvalue weighted by molar-refractivity contribution is 0.356. The van der Waals surface area contributed by atoms with Crippen molar-refractivity contribution in [1.29, 1.82) is 0 Å². The molecule has 0 fully saturated rings. The lowest BCUT2D eigenvalue weighted by Gasteiger charge is -2.16. The lowest BCUT2D eigenvalue weighted by Crippen LogP contribution is -2.11. The third kappa shape index (κ3) is 4.38. The van der Waals surface area contributed by atoms with Crippen molar-refractivity contribution in [3.05, 3.63) is 17.8 Å². The first-order valence-corrected chi connectivity index (χ1v) is 6.13. The number of aromatic nitrogens is 1. The molecule has 0 atom stereocenters. The highest BCUT2D eigenvalue weighted by Gasteiger charge is 2.18. The van der Waals surface area contributed by atoms with Gasteiger partial charge in [-0.2, -0.15) is 0 Å². The molecule has 0 saturated heterocycles. The van der Waals surface area contributed by atoms with Gasteiger partial charge in [-0.05, 0) is 18.3 Å². The Hall–Kier alpha value is -0.790. The summed E-state index contributed by atoms with van der Waals surface area (Å²) >= 11 is 0. The number of hydrogen-bond acceptors (Lipinski definition) is 2. The highest BCUT2D eigenvalue weighted by Crippen LogP contribution is 2.24. The zero-order valence-corrected chi connectivity index (χ0v) is 11.6. The standard InChI is InChI=1S/C14H25NO/c1-13(2,3)9-7-8-12-15-11(10-16-12)14(4,5)6/h10H,7-9H2,1-6H3. The second-order valence-corrected chi connectivity index (χ2v) is 6.79. The summed E-state index contributed by atoms with van der Waals surface area (Å²) < 4.78 is 5.49. The average Bonchev–Trinajstić information content (AvgIpc) is 2.49. The minimum Gasteiger partial charge on any atom is -0.449 e. The summed E-state index contributed by atoms with van der Waals surface area (Å²) in [5, 5.41) is 0. The Morgan fingerprint density at radius 3 is 2.19 bits per heavy atom. The molecule has 0 N–H and O–H groups in total. The van der Waals surface area contributed by atoms with Crippen LogP contribution in [0.5, 0.6) is 0 Å². The van der Waals surface area contributed by atoms with Crippen LogP contribution in [-0.2, 0) is 11.8 Å². The van der Waals surface area contributed by atoms with E-state index >= 15 is 0 Å². The van der Waals surface area contributed by atoms with Crippen LogP contribution in [0, 0.1) is 5.41 Å². The maximum Gasteiger partial charge on any atom is 0.194 e. The normalized spacial score (nSPS) is 13.1. The first-order valence-electron chi connectivity index (χ1n) is 6.13. The molecule has 0 aliphatic heterocycles. The quantitative estimate of drug-likeness (QED) is 0.761. The molecule has 0 aromatic carbocycles. The first kappa shape index (κ1) is 13.3.